The molecule has 4 aromatic carbocycles. The highest BCUT2D eigenvalue weighted by atomic mass is 16.6. The lowest BCUT2D eigenvalue weighted by Crippen LogP contribution is -2.48. The van der Waals surface area contributed by atoms with Crippen LogP contribution < -0.4 is 10.6 Å². The Hall–Kier alpha value is -5.40. The summed E-state index contributed by atoms with van der Waals surface area (Å²) in [6.45, 7) is 15.3. The van der Waals surface area contributed by atoms with Crippen LogP contribution in [0, 0.1) is 25.7 Å². The summed E-state index contributed by atoms with van der Waals surface area (Å²) < 4.78 is 9.64. The van der Waals surface area contributed by atoms with Crippen molar-refractivity contribution in [2.45, 2.75) is 77.9 Å². The minimum absolute atomic E-state index is 0.0332. The first-order valence-corrected chi connectivity index (χ1v) is 20.7. The number of nitrogens with one attached hydrogen (secondary N) is 2. The van der Waals surface area contributed by atoms with Gasteiger partial charge in [0.15, 0.2) is 0 Å². The lowest BCUT2D eigenvalue weighted by Gasteiger charge is -2.37. The standard InChI is InChI=1S/C20H18O8.2C14H22N2/c1-11-3-7-13(8-4-11)19(25)27-15(17(21)22)16(18(23)24)28-20(26)14-9-5-12(2)6-10-14;2*1-12-8-9-16(11-14(12)15-2)10-13-6-4-3-5-7-13/h3-10,15-16H,1-2H3,(H,21,22)(H,23,24);2*3-7,12,14-15H,8-11H2,1-2H3/t15-,16-;2*12-,14+/m011/s1. The molecular formula is C48H62N4O8. The zero-order valence-corrected chi connectivity index (χ0v) is 35.8. The number of hydrogen-bond acceptors (Lipinski definition) is 10. The molecule has 2 saturated heterocycles. The van der Waals surface area contributed by atoms with Gasteiger partial charge in [-0.15, -0.1) is 0 Å². The van der Waals surface area contributed by atoms with Crippen molar-refractivity contribution in [3.63, 3.8) is 0 Å². The summed E-state index contributed by atoms with van der Waals surface area (Å²) in [5.41, 5.74) is 4.64. The Morgan fingerprint density at radius 3 is 1.22 bits per heavy atom. The van der Waals surface area contributed by atoms with Crippen molar-refractivity contribution < 1.29 is 38.9 Å². The van der Waals surface area contributed by atoms with Crippen molar-refractivity contribution >= 4 is 23.9 Å². The van der Waals surface area contributed by atoms with Crippen molar-refractivity contribution in [2.24, 2.45) is 11.8 Å². The lowest BCUT2D eigenvalue weighted by atomic mass is 9.93. The number of carbonyl (C=O) groups excluding carboxylic acids is 2. The molecule has 6 rings (SSSR count). The van der Waals surface area contributed by atoms with E-state index in [4.69, 9.17) is 9.47 Å². The number of rotatable bonds is 13. The molecule has 2 aliphatic rings. The highest BCUT2D eigenvalue weighted by molar-refractivity contribution is 5.95. The molecule has 0 unspecified atom stereocenters. The van der Waals surface area contributed by atoms with Crippen LogP contribution in [0.15, 0.2) is 109 Å². The molecule has 4 aromatic rings. The van der Waals surface area contributed by atoms with Gasteiger partial charge in [0.1, 0.15) is 0 Å². The highest BCUT2D eigenvalue weighted by Gasteiger charge is 2.41. The zero-order chi connectivity index (χ0) is 43.6. The Kier molecular flexibility index (Phi) is 18.9. The second-order valence-electron chi connectivity index (χ2n) is 15.8. The molecule has 0 amide bonds. The summed E-state index contributed by atoms with van der Waals surface area (Å²) in [5.74, 6) is -4.02. The van der Waals surface area contributed by atoms with Crippen LogP contribution in [-0.4, -0.2) is 108 Å². The molecule has 2 fully saturated rings. The van der Waals surface area contributed by atoms with Crippen LogP contribution in [0.1, 0.15) is 69.7 Å². The third-order valence-corrected chi connectivity index (χ3v) is 11.1. The van der Waals surface area contributed by atoms with Crippen LogP contribution in [0.5, 0.6) is 0 Å². The Labute approximate surface area is 354 Å². The Bertz CT molecular complexity index is 1790. The van der Waals surface area contributed by atoms with E-state index in [0.29, 0.717) is 12.1 Å². The van der Waals surface area contributed by atoms with Gasteiger partial charge < -0.3 is 30.3 Å². The number of nitrogens with zero attached hydrogens (tertiary/aromatic N) is 2. The predicted octanol–water partition coefficient (Wildman–Crippen LogP) is 6.46. The molecule has 0 bridgehead atoms. The van der Waals surface area contributed by atoms with E-state index in [2.05, 4.69) is 109 Å². The van der Waals surface area contributed by atoms with Gasteiger partial charge in [0.05, 0.1) is 11.1 Å². The maximum atomic E-state index is 12.2. The molecular weight excluding hydrogens is 761 g/mol. The number of likely N-dealkylation sites (tertiary alicyclic amines) is 2. The fourth-order valence-corrected chi connectivity index (χ4v) is 7.23. The van der Waals surface area contributed by atoms with E-state index in [9.17, 15) is 29.4 Å². The number of piperidine rings is 2. The summed E-state index contributed by atoms with van der Waals surface area (Å²) in [6, 6.07) is 34.9. The Balaban J connectivity index is 0.000000212. The summed E-state index contributed by atoms with van der Waals surface area (Å²) in [6.07, 6.45) is -1.84. The molecule has 0 saturated carbocycles. The average Bonchev–Trinajstić information content (AvgIpc) is 3.25. The first kappa shape index (κ1) is 47.3. The number of carboxylic acids is 2. The van der Waals surface area contributed by atoms with Crippen molar-refractivity contribution in [1.82, 2.24) is 20.4 Å². The van der Waals surface area contributed by atoms with E-state index in [1.54, 1.807) is 38.1 Å². The van der Waals surface area contributed by atoms with Gasteiger partial charge in [-0.05, 0) is 101 Å². The first-order chi connectivity index (χ1) is 28.8. The molecule has 4 N–H and O–H groups in total. The van der Waals surface area contributed by atoms with Crippen LogP contribution in [-0.2, 0) is 32.2 Å². The lowest BCUT2D eigenvalue weighted by molar-refractivity contribution is -0.166. The molecule has 0 spiro atoms. The largest absolute Gasteiger partial charge is 0.478 e. The third-order valence-electron chi connectivity index (χ3n) is 11.1. The fourth-order valence-electron chi connectivity index (χ4n) is 7.23. The third kappa shape index (κ3) is 15.0. The van der Waals surface area contributed by atoms with Gasteiger partial charge in [0, 0.05) is 38.3 Å². The van der Waals surface area contributed by atoms with E-state index in [-0.39, 0.29) is 11.1 Å². The van der Waals surface area contributed by atoms with E-state index in [1.165, 1.54) is 74.4 Å². The molecule has 2 aliphatic heterocycles. The minimum atomic E-state index is -2.22. The van der Waals surface area contributed by atoms with Crippen LogP contribution in [0.3, 0.4) is 0 Å². The van der Waals surface area contributed by atoms with Gasteiger partial charge in [-0.1, -0.05) is 110 Å². The topological polar surface area (TPSA) is 158 Å². The van der Waals surface area contributed by atoms with Crippen molar-refractivity contribution in [3.8, 4) is 0 Å². The van der Waals surface area contributed by atoms with Gasteiger partial charge in [0.2, 0.25) is 12.2 Å². The maximum Gasteiger partial charge on any atom is 0.349 e. The molecule has 0 aliphatic carbocycles. The second kappa shape index (κ2) is 24.0. The van der Waals surface area contributed by atoms with E-state index >= 15 is 0 Å². The van der Waals surface area contributed by atoms with Gasteiger partial charge in [-0.25, -0.2) is 19.2 Å². The predicted molar refractivity (Wildman–Crippen MR) is 233 cm³/mol. The highest BCUT2D eigenvalue weighted by Crippen LogP contribution is 2.20. The molecule has 0 radical (unpaired) electrons. The number of esters is 2. The second-order valence-corrected chi connectivity index (χ2v) is 15.8. The number of hydrogen-bond donors (Lipinski definition) is 4. The average molecular weight is 823 g/mol. The van der Waals surface area contributed by atoms with Gasteiger partial charge in [-0.2, -0.15) is 0 Å². The fraction of sp³-hybridized carbons (Fsp3) is 0.417. The molecule has 12 nitrogen and oxygen atoms in total. The molecule has 322 valence electrons. The Morgan fingerprint density at radius 1 is 0.583 bits per heavy atom. The van der Waals surface area contributed by atoms with Crippen LogP contribution in [0.4, 0.5) is 0 Å². The first-order valence-electron chi connectivity index (χ1n) is 20.7. The normalized spacial score (nSPS) is 20.2. The molecule has 2 heterocycles. The Morgan fingerprint density at radius 2 is 0.917 bits per heavy atom. The van der Waals surface area contributed by atoms with E-state index < -0.39 is 36.1 Å². The maximum absolute atomic E-state index is 12.2. The number of ether oxygens (including phenoxy) is 2. The SMILES string of the molecule is CN[C@H]1CN(Cc2ccccc2)CC[C@H]1C.CN[C@H]1CN(Cc2ccccc2)CC[C@H]1C.Cc1ccc(C(=O)O[C@H](C(=O)O)[C@H](OC(=O)c2ccc(C)cc2)C(=O)O)cc1. The number of carbonyl (C=O) groups is 4. The van der Waals surface area contributed by atoms with Gasteiger partial charge >= 0.3 is 23.9 Å². The number of likely N-dealkylation sites (N-methyl/N-ethyl adjacent to an activating group) is 2. The monoisotopic (exact) mass is 822 g/mol. The van der Waals surface area contributed by atoms with E-state index in [1.807, 2.05) is 0 Å². The number of benzene rings is 4. The van der Waals surface area contributed by atoms with Crippen LogP contribution in [0.2, 0.25) is 0 Å². The molecule has 0 aromatic heterocycles. The molecule has 60 heavy (non-hydrogen) atoms. The minimum Gasteiger partial charge on any atom is -0.478 e. The van der Waals surface area contributed by atoms with Crippen molar-refractivity contribution in [3.05, 3.63) is 143 Å². The molecule has 12 heteroatoms. The zero-order valence-electron chi connectivity index (χ0n) is 35.8. The number of carboxylic acid groups (broad SMARTS) is 2. The quantitative estimate of drug-likeness (QED) is 0.109. The van der Waals surface area contributed by atoms with Gasteiger partial charge in [0.25, 0.3) is 0 Å². The van der Waals surface area contributed by atoms with Crippen molar-refractivity contribution in [2.75, 3.05) is 40.3 Å². The smallest absolute Gasteiger partial charge is 0.349 e. The summed E-state index contributed by atoms with van der Waals surface area (Å²) in [4.78, 5) is 52.4. The summed E-state index contributed by atoms with van der Waals surface area (Å²) >= 11 is 0. The molecule has 6 atom stereocenters. The van der Waals surface area contributed by atoms with E-state index in [0.717, 1.165) is 36.1 Å². The van der Waals surface area contributed by atoms with Crippen LogP contribution >= 0.6 is 0 Å². The van der Waals surface area contributed by atoms with Gasteiger partial charge in [-0.3, -0.25) is 9.80 Å². The summed E-state index contributed by atoms with van der Waals surface area (Å²) in [7, 11) is 4.15. The van der Waals surface area contributed by atoms with Crippen molar-refractivity contribution in [1.29, 1.82) is 0 Å². The van der Waals surface area contributed by atoms with Crippen LogP contribution in [0.25, 0.3) is 0 Å². The number of aliphatic carboxylic acids is 2. The summed E-state index contributed by atoms with van der Waals surface area (Å²) in [5, 5.41) is 25.5. The number of aryl methyl sites for hydroxylation is 2.